The molecule has 1 fully saturated rings. The van der Waals surface area contributed by atoms with Crippen molar-refractivity contribution in [2.24, 2.45) is 5.92 Å². The van der Waals surface area contributed by atoms with Crippen LogP contribution < -0.4 is 0 Å². The first-order valence-electron chi connectivity index (χ1n) is 2.88. The summed E-state index contributed by atoms with van der Waals surface area (Å²) in [5, 5.41) is 8.14. The Morgan fingerprint density at radius 3 is 2.75 bits per heavy atom. The Balaban J connectivity index is 1.95. The van der Waals surface area contributed by atoms with E-state index in [1.807, 2.05) is 0 Å². The van der Waals surface area contributed by atoms with Gasteiger partial charge in [0.15, 0.2) is 0 Å². The Labute approximate surface area is 49.1 Å². The molecule has 2 nitrogen and oxygen atoms in total. The van der Waals surface area contributed by atoms with E-state index in [0.29, 0.717) is 12.3 Å². The van der Waals surface area contributed by atoms with E-state index in [2.05, 4.69) is 6.07 Å². The summed E-state index contributed by atoms with van der Waals surface area (Å²) in [6.07, 6.45) is 1.71. The summed E-state index contributed by atoms with van der Waals surface area (Å²) in [6.45, 7) is 1.75. The van der Waals surface area contributed by atoms with Gasteiger partial charge in [0.1, 0.15) is 0 Å². The van der Waals surface area contributed by atoms with Crippen LogP contribution in [0.5, 0.6) is 0 Å². The third-order valence-corrected chi connectivity index (χ3v) is 1.37. The molecule has 0 spiro atoms. The summed E-state index contributed by atoms with van der Waals surface area (Å²) in [5.41, 5.74) is 0. The second kappa shape index (κ2) is 2.68. The van der Waals surface area contributed by atoms with E-state index in [1.165, 1.54) is 0 Å². The molecular formula is C6H9NO. The maximum Gasteiger partial charge on any atom is 0.0621 e. The molecule has 0 aromatic rings. The molecule has 0 N–H and O–H groups in total. The average Bonchev–Trinajstić information content (AvgIpc) is 1.63. The predicted molar refractivity (Wildman–Crippen MR) is 29.2 cm³/mol. The van der Waals surface area contributed by atoms with Gasteiger partial charge in [-0.15, -0.1) is 0 Å². The highest BCUT2D eigenvalue weighted by Crippen LogP contribution is 2.15. The molecule has 0 saturated carbocycles. The van der Waals surface area contributed by atoms with Crippen molar-refractivity contribution >= 4 is 0 Å². The zero-order valence-electron chi connectivity index (χ0n) is 4.76. The van der Waals surface area contributed by atoms with Crippen molar-refractivity contribution in [1.82, 2.24) is 0 Å². The molecule has 0 radical (unpaired) electrons. The lowest BCUT2D eigenvalue weighted by atomic mass is 10.0. The maximum absolute atomic E-state index is 8.14. The predicted octanol–water partition coefficient (Wildman–Crippen LogP) is 0.937. The molecule has 0 atom stereocenters. The van der Waals surface area contributed by atoms with Gasteiger partial charge in [-0.05, 0) is 6.42 Å². The Morgan fingerprint density at radius 1 is 1.62 bits per heavy atom. The molecule has 2 heteroatoms. The molecule has 0 aliphatic carbocycles. The second-order valence-corrected chi connectivity index (χ2v) is 2.10. The summed E-state index contributed by atoms with van der Waals surface area (Å²) in [7, 11) is 0. The van der Waals surface area contributed by atoms with Gasteiger partial charge in [0, 0.05) is 12.3 Å². The average molecular weight is 111 g/mol. The molecule has 1 saturated heterocycles. The largest absolute Gasteiger partial charge is 0.381 e. The molecule has 1 aliphatic heterocycles. The molecular weight excluding hydrogens is 102 g/mol. The van der Waals surface area contributed by atoms with Crippen molar-refractivity contribution in [3.8, 4) is 6.07 Å². The Morgan fingerprint density at radius 2 is 2.38 bits per heavy atom. The molecule has 44 valence electrons. The van der Waals surface area contributed by atoms with E-state index in [4.69, 9.17) is 10.00 Å². The molecule has 0 aromatic heterocycles. The smallest absolute Gasteiger partial charge is 0.0621 e. The molecule has 1 rings (SSSR count). The first-order chi connectivity index (χ1) is 3.93. The molecule has 8 heavy (non-hydrogen) atoms. The van der Waals surface area contributed by atoms with Gasteiger partial charge in [-0.1, -0.05) is 0 Å². The van der Waals surface area contributed by atoms with Crippen molar-refractivity contribution in [3.63, 3.8) is 0 Å². The first-order valence-corrected chi connectivity index (χ1v) is 2.88. The minimum atomic E-state index is 0.689. The zero-order chi connectivity index (χ0) is 5.82. The van der Waals surface area contributed by atoms with Gasteiger partial charge >= 0.3 is 0 Å². The molecule has 1 heterocycles. The van der Waals surface area contributed by atoms with Crippen molar-refractivity contribution in [1.29, 1.82) is 5.26 Å². The van der Waals surface area contributed by atoms with Crippen LogP contribution in [0.25, 0.3) is 0 Å². The summed E-state index contributed by atoms with van der Waals surface area (Å²) < 4.78 is 4.92. The van der Waals surface area contributed by atoms with Crippen molar-refractivity contribution < 1.29 is 4.74 Å². The summed E-state index contributed by atoms with van der Waals surface area (Å²) in [4.78, 5) is 0. The van der Waals surface area contributed by atoms with Gasteiger partial charge in [0.05, 0.1) is 19.3 Å². The molecule has 0 bridgehead atoms. The van der Waals surface area contributed by atoms with Crippen molar-refractivity contribution in [2.75, 3.05) is 13.2 Å². The normalized spacial score (nSPS) is 19.4. The second-order valence-electron chi connectivity index (χ2n) is 2.10. The van der Waals surface area contributed by atoms with Crippen molar-refractivity contribution in [2.45, 2.75) is 12.8 Å². The van der Waals surface area contributed by atoms with Crippen LogP contribution in [-0.4, -0.2) is 13.2 Å². The molecule has 0 aromatic carbocycles. The monoisotopic (exact) mass is 111 g/mol. The number of nitrogens with zero attached hydrogens (tertiary/aromatic N) is 1. The topological polar surface area (TPSA) is 33.0 Å². The van der Waals surface area contributed by atoms with E-state index < -0.39 is 0 Å². The molecule has 0 amide bonds. The SMILES string of the molecule is N#CCCC1COC1. The third kappa shape index (κ3) is 1.21. The number of rotatable bonds is 2. The summed E-state index contributed by atoms with van der Waals surface area (Å²) in [6, 6.07) is 2.11. The maximum atomic E-state index is 8.14. The van der Waals surface area contributed by atoms with Gasteiger partial charge in [0.25, 0.3) is 0 Å². The van der Waals surface area contributed by atoms with E-state index in [1.54, 1.807) is 0 Å². The minimum Gasteiger partial charge on any atom is -0.381 e. The van der Waals surface area contributed by atoms with Crippen LogP contribution in [-0.2, 0) is 4.74 Å². The van der Waals surface area contributed by atoms with E-state index in [9.17, 15) is 0 Å². The van der Waals surface area contributed by atoms with Crippen LogP contribution in [0.15, 0.2) is 0 Å². The third-order valence-electron chi connectivity index (χ3n) is 1.37. The quantitative estimate of drug-likeness (QED) is 0.531. The Kier molecular flexibility index (Phi) is 1.87. The van der Waals surface area contributed by atoms with Crippen LogP contribution in [0.3, 0.4) is 0 Å². The fraction of sp³-hybridized carbons (Fsp3) is 0.833. The summed E-state index contributed by atoms with van der Waals surface area (Å²) in [5.74, 6) is 0.689. The van der Waals surface area contributed by atoms with Gasteiger partial charge in [-0.25, -0.2) is 0 Å². The van der Waals surface area contributed by atoms with Crippen LogP contribution in [0, 0.1) is 17.2 Å². The van der Waals surface area contributed by atoms with E-state index in [-0.39, 0.29) is 0 Å². The number of hydrogen-bond acceptors (Lipinski definition) is 2. The lowest BCUT2D eigenvalue weighted by molar-refractivity contribution is -0.0347. The van der Waals surface area contributed by atoms with Gasteiger partial charge in [0.2, 0.25) is 0 Å². The van der Waals surface area contributed by atoms with Crippen LogP contribution >= 0.6 is 0 Å². The lowest BCUT2D eigenvalue weighted by Gasteiger charge is -2.24. The van der Waals surface area contributed by atoms with Crippen LogP contribution in [0.4, 0.5) is 0 Å². The summed E-state index contributed by atoms with van der Waals surface area (Å²) >= 11 is 0. The highest BCUT2D eigenvalue weighted by atomic mass is 16.5. The van der Waals surface area contributed by atoms with Gasteiger partial charge in [-0.3, -0.25) is 0 Å². The molecule has 1 aliphatic rings. The zero-order valence-corrected chi connectivity index (χ0v) is 4.76. The highest BCUT2D eigenvalue weighted by Gasteiger charge is 2.16. The van der Waals surface area contributed by atoms with Gasteiger partial charge < -0.3 is 4.74 Å². The molecule has 0 unspecified atom stereocenters. The Bertz CT molecular complexity index is 102. The number of hydrogen-bond donors (Lipinski definition) is 0. The van der Waals surface area contributed by atoms with Crippen molar-refractivity contribution in [3.05, 3.63) is 0 Å². The van der Waals surface area contributed by atoms with E-state index in [0.717, 1.165) is 19.6 Å². The minimum absolute atomic E-state index is 0.689. The fourth-order valence-corrected chi connectivity index (χ4v) is 0.720. The highest BCUT2D eigenvalue weighted by molar-refractivity contribution is 4.74. The Hall–Kier alpha value is -0.550. The first kappa shape index (κ1) is 5.58. The van der Waals surface area contributed by atoms with Crippen LogP contribution in [0.2, 0.25) is 0 Å². The van der Waals surface area contributed by atoms with E-state index >= 15 is 0 Å². The number of ether oxygens (including phenoxy) is 1. The lowest BCUT2D eigenvalue weighted by Crippen LogP contribution is -2.26. The van der Waals surface area contributed by atoms with Crippen LogP contribution in [0.1, 0.15) is 12.8 Å². The number of nitriles is 1. The fourth-order valence-electron chi connectivity index (χ4n) is 0.720. The van der Waals surface area contributed by atoms with Gasteiger partial charge in [-0.2, -0.15) is 5.26 Å². The standard InChI is InChI=1S/C6H9NO/c7-3-1-2-6-4-8-5-6/h6H,1-2,4-5H2.